The third kappa shape index (κ3) is 5.03. The van der Waals surface area contributed by atoms with Crippen LogP contribution < -0.4 is 10.9 Å². The Morgan fingerprint density at radius 2 is 1.71 bits per heavy atom. The number of hydrogen-bond acceptors (Lipinski definition) is 8. The number of aromatic nitrogens is 3. The molecule has 0 aliphatic carbocycles. The molecule has 2 aromatic carbocycles. The first-order chi connectivity index (χ1) is 17.0. The molecule has 0 atom stereocenters. The first-order valence-corrected chi connectivity index (χ1v) is 11.2. The maximum Gasteiger partial charge on any atom is 0.345 e. The van der Waals surface area contributed by atoms with Gasteiger partial charge in [-0.1, -0.05) is 61.5 Å². The molecule has 9 heteroatoms. The molecule has 0 spiro atoms. The average Bonchev–Trinajstić information content (AvgIpc) is 2.90. The minimum atomic E-state index is -0.851. The van der Waals surface area contributed by atoms with Gasteiger partial charge in [0.05, 0.1) is 11.9 Å². The van der Waals surface area contributed by atoms with Crippen molar-refractivity contribution in [3.05, 3.63) is 82.9 Å². The lowest BCUT2D eigenvalue weighted by Gasteiger charge is -2.17. The Kier molecular flexibility index (Phi) is 7.15. The normalized spacial score (nSPS) is 10.7. The van der Waals surface area contributed by atoms with E-state index >= 15 is 0 Å². The van der Waals surface area contributed by atoms with E-state index in [2.05, 4.69) is 15.4 Å². The molecular formula is C26H24N4O5. The van der Waals surface area contributed by atoms with Gasteiger partial charge in [0.15, 0.2) is 0 Å². The van der Waals surface area contributed by atoms with Gasteiger partial charge in [-0.2, -0.15) is 5.10 Å². The smallest absolute Gasteiger partial charge is 0.345 e. The lowest BCUT2D eigenvalue weighted by atomic mass is 10.0. The van der Waals surface area contributed by atoms with Gasteiger partial charge in [0.25, 0.3) is 5.56 Å². The van der Waals surface area contributed by atoms with Crippen LogP contribution in [0.1, 0.15) is 30.6 Å². The van der Waals surface area contributed by atoms with Crippen LogP contribution in [0.4, 0.5) is 11.4 Å². The minimum Gasteiger partial charge on any atom is -0.428 e. The Bertz CT molecular complexity index is 1430. The van der Waals surface area contributed by atoms with E-state index in [1.165, 1.54) is 4.68 Å². The first kappa shape index (κ1) is 23.6. The van der Waals surface area contributed by atoms with E-state index in [1.807, 2.05) is 30.3 Å². The number of pyridine rings is 1. The molecule has 0 aliphatic heterocycles. The fraction of sp³-hybridized carbons (Fsp3) is 0.192. The zero-order chi connectivity index (χ0) is 24.8. The molecule has 0 unspecified atom stereocenters. The summed E-state index contributed by atoms with van der Waals surface area (Å²) in [7, 11) is 0. The summed E-state index contributed by atoms with van der Waals surface area (Å²) in [5, 5.41) is 9.24. The van der Waals surface area contributed by atoms with Crippen molar-refractivity contribution < 1.29 is 19.1 Å². The highest BCUT2D eigenvalue weighted by atomic mass is 16.7. The number of nitrogens with one attached hydrogen (secondary N) is 1. The number of fused-ring (bicyclic) bond motifs is 1. The van der Waals surface area contributed by atoms with Crippen LogP contribution in [0.5, 0.6) is 0 Å². The number of anilines is 2. The van der Waals surface area contributed by atoms with Crippen molar-refractivity contribution in [2.24, 2.45) is 0 Å². The van der Waals surface area contributed by atoms with Gasteiger partial charge in [0, 0.05) is 35.5 Å². The highest BCUT2D eigenvalue weighted by Crippen LogP contribution is 2.30. The van der Waals surface area contributed by atoms with E-state index in [0.717, 1.165) is 10.8 Å². The van der Waals surface area contributed by atoms with Gasteiger partial charge in [-0.3, -0.25) is 14.6 Å². The number of carbonyl (C=O) groups is 2. The Hall–Kier alpha value is -4.53. The third-order valence-electron chi connectivity index (χ3n) is 5.33. The summed E-state index contributed by atoms with van der Waals surface area (Å²) < 4.78 is 11.4. The molecule has 0 amide bonds. The molecule has 2 aromatic heterocycles. The van der Waals surface area contributed by atoms with Crippen molar-refractivity contribution in [1.82, 2.24) is 14.8 Å². The summed E-state index contributed by atoms with van der Waals surface area (Å²) in [6, 6.07) is 16.6. The number of esters is 2. The van der Waals surface area contributed by atoms with Crippen LogP contribution in [-0.4, -0.2) is 33.5 Å². The summed E-state index contributed by atoms with van der Waals surface area (Å²) in [4.78, 5) is 42.4. The van der Waals surface area contributed by atoms with E-state index in [0.29, 0.717) is 11.3 Å². The van der Waals surface area contributed by atoms with Gasteiger partial charge in [-0.05, 0) is 6.92 Å². The van der Waals surface area contributed by atoms with Crippen LogP contribution in [0.3, 0.4) is 0 Å². The average molecular weight is 473 g/mol. The SMILES string of the molecule is CCC(=O)OCOC(=O)c1c(-c2ccccc2)nn(CC)c(=O)c1Nc1cncc2ccccc12. The second-order valence-electron chi connectivity index (χ2n) is 7.54. The highest BCUT2D eigenvalue weighted by Gasteiger charge is 2.26. The Morgan fingerprint density at radius 3 is 2.46 bits per heavy atom. The van der Waals surface area contributed by atoms with Gasteiger partial charge < -0.3 is 14.8 Å². The summed E-state index contributed by atoms with van der Waals surface area (Å²) in [6.07, 6.45) is 3.44. The lowest BCUT2D eigenvalue weighted by molar-refractivity contribution is -0.151. The number of rotatable bonds is 8. The summed E-state index contributed by atoms with van der Waals surface area (Å²) in [5.74, 6) is -1.36. The molecule has 0 aliphatic rings. The van der Waals surface area contributed by atoms with Gasteiger partial charge in [-0.15, -0.1) is 0 Å². The summed E-state index contributed by atoms with van der Waals surface area (Å²) >= 11 is 0. The number of nitrogens with zero attached hydrogens (tertiary/aromatic N) is 3. The van der Waals surface area contributed by atoms with Crippen LogP contribution in [0.25, 0.3) is 22.0 Å². The molecule has 0 bridgehead atoms. The molecule has 2 heterocycles. The Morgan fingerprint density at radius 1 is 0.971 bits per heavy atom. The summed E-state index contributed by atoms with van der Waals surface area (Å²) in [5.41, 5.74) is 0.843. The second kappa shape index (κ2) is 10.6. The largest absolute Gasteiger partial charge is 0.428 e. The monoisotopic (exact) mass is 472 g/mol. The highest BCUT2D eigenvalue weighted by molar-refractivity contribution is 6.03. The maximum atomic E-state index is 13.4. The molecule has 1 N–H and O–H groups in total. The quantitative estimate of drug-likeness (QED) is 0.299. The standard InChI is InChI=1S/C26H24N4O5/c1-3-21(31)34-16-35-26(33)22-23(17-10-6-5-7-11-17)29-30(4-2)25(32)24(22)28-20-15-27-14-18-12-8-9-13-19(18)20/h5-15,28H,3-4,16H2,1-2H3. The number of benzene rings is 2. The van der Waals surface area contributed by atoms with Gasteiger partial charge in [0.2, 0.25) is 6.79 Å². The third-order valence-corrected chi connectivity index (χ3v) is 5.33. The number of ether oxygens (including phenoxy) is 2. The van der Waals surface area contributed by atoms with Gasteiger partial charge in [0.1, 0.15) is 16.9 Å². The zero-order valence-electron chi connectivity index (χ0n) is 19.4. The molecule has 0 saturated carbocycles. The Labute approximate surface area is 201 Å². The number of hydrogen-bond donors (Lipinski definition) is 1. The molecular weight excluding hydrogens is 448 g/mol. The van der Waals surface area contributed by atoms with E-state index in [-0.39, 0.29) is 29.9 Å². The maximum absolute atomic E-state index is 13.4. The predicted octanol–water partition coefficient (Wildman–Crippen LogP) is 4.29. The van der Waals surface area contributed by atoms with Crippen LogP contribution >= 0.6 is 0 Å². The second-order valence-corrected chi connectivity index (χ2v) is 7.54. The number of carbonyl (C=O) groups excluding carboxylic acids is 2. The van der Waals surface area contributed by atoms with Gasteiger partial charge in [-0.25, -0.2) is 9.48 Å². The minimum absolute atomic E-state index is 0.00864. The molecule has 4 aromatic rings. The molecule has 178 valence electrons. The molecule has 4 rings (SSSR count). The van der Waals surface area contributed by atoms with Crippen LogP contribution in [-0.2, 0) is 20.8 Å². The first-order valence-electron chi connectivity index (χ1n) is 11.2. The van der Waals surface area contributed by atoms with Crippen molar-refractivity contribution in [2.75, 3.05) is 12.1 Å². The molecule has 0 radical (unpaired) electrons. The predicted molar refractivity (Wildman–Crippen MR) is 131 cm³/mol. The van der Waals surface area contributed by atoms with E-state index in [9.17, 15) is 14.4 Å². The van der Waals surface area contributed by atoms with Crippen molar-refractivity contribution in [1.29, 1.82) is 0 Å². The van der Waals surface area contributed by atoms with Crippen molar-refractivity contribution in [3.63, 3.8) is 0 Å². The topological polar surface area (TPSA) is 112 Å². The van der Waals surface area contributed by atoms with E-state index in [4.69, 9.17) is 9.47 Å². The molecule has 0 saturated heterocycles. The van der Waals surface area contributed by atoms with Crippen LogP contribution in [0, 0.1) is 0 Å². The summed E-state index contributed by atoms with van der Waals surface area (Å²) in [6.45, 7) is 3.12. The van der Waals surface area contributed by atoms with Crippen LogP contribution in [0.2, 0.25) is 0 Å². The molecule has 0 fully saturated rings. The van der Waals surface area contributed by atoms with Crippen LogP contribution in [0.15, 0.2) is 71.8 Å². The van der Waals surface area contributed by atoms with E-state index < -0.39 is 24.3 Å². The fourth-order valence-corrected chi connectivity index (χ4v) is 3.57. The molecule has 35 heavy (non-hydrogen) atoms. The Balaban J connectivity index is 1.88. The fourth-order valence-electron chi connectivity index (χ4n) is 3.57. The zero-order valence-corrected chi connectivity index (χ0v) is 19.4. The van der Waals surface area contributed by atoms with Crippen molar-refractivity contribution in [3.8, 4) is 11.3 Å². The van der Waals surface area contributed by atoms with Gasteiger partial charge >= 0.3 is 11.9 Å². The molecule has 9 nitrogen and oxygen atoms in total. The van der Waals surface area contributed by atoms with Crippen molar-refractivity contribution >= 4 is 34.1 Å². The number of aryl methyl sites for hydroxylation is 1. The lowest BCUT2D eigenvalue weighted by Crippen LogP contribution is -2.29. The van der Waals surface area contributed by atoms with Crippen molar-refractivity contribution in [2.45, 2.75) is 26.8 Å². The van der Waals surface area contributed by atoms with E-state index in [1.54, 1.807) is 50.5 Å².